The molecule has 0 bridgehead atoms. The molecule has 0 radical (unpaired) electrons. The Morgan fingerprint density at radius 2 is 1.18 bits per heavy atom. The van der Waals surface area contributed by atoms with Crippen LogP contribution in [0.5, 0.6) is 0 Å². The van der Waals surface area contributed by atoms with Crippen molar-refractivity contribution < 1.29 is 43.8 Å². The van der Waals surface area contributed by atoms with Crippen LogP contribution in [-0.4, -0.2) is 113 Å². The summed E-state index contributed by atoms with van der Waals surface area (Å²) < 4.78 is 0. The summed E-state index contributed by atoms with van der Waals surface area (Å²) >= 11 is 0. The highest BCUT2D eigenvalue weighted by atomic mass is 16.3. The molecule has 0 unspecified atom stereocenters. The van der Waals surface area contributed by atoms with Gasteiger partial charge in [-0.05, 0) is 58.3 Å². The second-order valence-electron chi connectivity index (χ2n) is 13.9. The zero-order valence-corrected chi connectivity index (χ0v) is 30.6. The zero-order chi connectivity index (χ0) is 39.5. The molecule has 0 heterocycles. The van der Waals surface area contributed by atoms with Gasteiger partial charge >= 0.3 is 0 Å². The van der Waals surface area contributed by atoms with Gasteiger partial charge in [0.1, 0.15) is 36.5 Å². The van der Waals surface area contributed by atoms with E-state index in [-0.39, 0.29) is 50.0 Å². The summed E-state index contributed by atoms with van der Waals surface area (Å²) in [5.41, 5.74) is 21.6. The smallest absolute Gasteiger partial charge is 0.245 e. The van der Waals surface area contributed by atoms with Gasteiger partial charge in [-0.2, -0.15) is 0 Å². The Kier molecular flexibility index (Phi) is 21.2. The molecule has 292 valence electrons. The normalized spacial score (nSPS) is 16.0. The molecule has 0 aromatic carbocycles. The van der Waals surface area contributed by atoms with Crippen LogP contribution in [0.1, 0.15) is 92.9 Å². The Morgan fingerprint density at radius 1 is 0.686 bits per heavy atom. The maximum absolute atomic E-state index is 13.6. The minimum Gasteiger partial charge on any atom is -0.391 e. The molecule has 0 aromatic heterocycles. The first kappa shape index (κ1) is 46.6. The van der Waals surface area contributed by atoms with E-state index in [0.29, 0.717) is 19.1 Å². The van der Waals surface area contributed by atoms with E-state index in [1.165, 1.54) is 20.8 Å². The number of aliphatic hydroxyl groups is 2. The third-order valence-electron chi connectivity index (χ3n) is 7.64. The van der Waals surface area contributed by atoms with Gasteiger partial charge in [0, 0.05) is 13.0 Å². The largest absolute Gasteiger partial charge is 0.391 e. The number of carbonyl (C=O) groups excluding carboxylic acids is 7. The highest BCUT2D eigenvalue weighted by Gasteiger charge is 2.34. The van der Waals surface area contributed by atoms with E-state index >= 15 is 0 Å². The molecule has 15 N–H and O–H groups in total. The number of rotatable bonds is 24. The van der Waals surface area contributed by atoms with E-state index in [0.717, 1.165) is 6.42 Å². The molecule has 0 aliphatic heterocycles. The minimum atomic E-state index is -1.59. The van der Waals surface area contributed by atoms with E-state index in [2.05, 4.69) is 31.6 Å². The Balaban J connectivity index is 6.25. The predicted octanol–water partition coefficient (Wildman–Crippen LogP) is -3.36. The SMILES string of the molecule is C[C@H](N)C(=O)N[C@@H](CCCN=C(N)N)C(=O)N[C@H](C(=O)N[C@@H](CCCCC(C)(C)C)C(=O)N[C@@H](CCC(N)=O)C(=O)N[C@H](C=O)[C@@H](C)O)[C@@H](C)O. The zero-order valence-electron chi connectivity index (χ0n) is 30.6. The van der Waals surface area contributed by atoms with Crippen molar-refractivity contribution in [2.24, 2.45) is 33.3 Å². The van der Waals surface area contributed by atoms with Crippen LogP contribution in [0.3, 0.4) is 0 Å². The molecule has 19 nitrogen and oxygen atoms in total. The van der Waals surface area contributed by atoms with Crippen LogP contribution in [0, 0.1) is 5.41 Å². The maximum atomic E-state index is 13.6. The second kappa shape index (κ2) is 23.2. The Hall–Kier alpha value is -4.36. The second-order valence-corrected chi connectivity index (χ2v) is 13.9. The number of nitrogens with zero attached hydrogens (tertiary/aromatic N) is 1. The van der Waals surface area contributed by atoms with Crippen LogP contribution >= 0.6 is 0 Å². The molecule has 51 heavy (non-hydrogen) atoms. The summed E-state index contributed by atoms with van der Waals surface area (Å²) in [7, 11) is 0. The van der Waals surface area contributed by atoms with Crippen molar-refractivity contribution in [3.8, 4) is 0 Å². The number of amides is 6. The number of primary amides is 1. The molecule has 0 aliphatic carbocycles. The molecule has 0 aromatic rings. The fourth-order valence-electron chi connectivity index (χ4n) is 4.63. The summed E-state index contributed by atoms with van der Waals surface area (Å²) in [6, 6.07) is -7.72. The van der Waals surface area contributed by atoms with Crippen molar-refractivity contribution in [2.75, 3.05) is 6.54 Å². The lowest BCUT2D eigenvalue weighted by atomic mass is 9.89. The van der Waals surface area contributed by atoms with Gasteiger partial charge in [0.05, 0.1) is 18.2 Å². The van der Waals surface area contributed by atoms with Crippen LogP contribution in [0.2, 0.25) is 0 Å². The maximum Gasteiger partial charge on any atom is 0.245 e. The number of guanidine groups is 1. The lowest BCUT2D eigenvalue weighted by molar-refractivity contribution is -0.136. The lowest BCUT2D eigenvalue weighted by Gasteiger charge is -2.28. The number of hydrogen-bond donors (Lipinski definition) is 11. The van der Waals surface area contributed by atoms with Crippen LogP contribution in [0.15, 0.2) is 4.99 Å². The molecule has 19 heteroatoms. The number of aliphatic imine (C=N–C) groups is 1. The van der Waals surface area contributed by atoms with E-state index in [9.17, 15) is 43.8 Å². The van der Waals surface area contributed by atoms with E-state index in [1.807, 2.05) is 20.8 Å². The van der Waals surface area contributed by atoms with Crippen LogP contribution in [-0.2, 0) is 33.6 Å². The molecule has 0 saturated carbocycles. The first-order chi connectivity index (χ1) is 23.6. The number of unbranched alkanes of at least 4 members (excludes halogenated alkanes) is 1. The third kappa shape index (κ3) is 20.2. The Labute approximate surface area is 299 Å². The molecule has 0 rings (SSSR count). The fraction of sp³-hybridized carbons (Fsp3) is 0.750. The quantitative estimate of drug-likeness (QED) is 0.0201. The van der Waals surface area contributed by atoms with Crippen molar-refractivity contribution in [3.63, 3.8) is 0 Å². The van der Waals surface area contributed by atoms with Crippen LogP contribution in [0.4, 0.5) is 0 Å². The summed E-state index contributed by atoms with van der Waals surface area (Å²) in [6.45, 7) is 10.2. The minimum absolute atomic E-state index is 0.0173. The number of nitrogens with one attached hydrogen (secondary N) is 5. The number of hydrogen-bond acceptors (Lipinski definition) is 11. The van der Waals surface area contributed by atoms with Gasteiger partial charge in [-0.15, -0.1) is 0 Å². The van der Waals surface area contributed by atoms with Crippen molar-refractivity contribution in [1.82, 2.24) is 26.6 Å². The molecular weight excluding hydrogens is 668 g/mol. The van der Waals surface area contributed by atoms with Gasteiger partial charge < -0.3 is 64.5 Å². The number of carbonyl (C=O) groups is 7. The highest BCUT2D eigenvalue weighted by Crippen LogP contribution is 2.22. The van der Waals surface area contributed by atoms with Crippen molar-refractivity contribution in [3.05, 3.63) is 0 Å². The van der Waals surface area contributed by atoms with E-state index < -0.39 is 83.9 Å². The van der Waals surface area contributed by atoms with Crippen molar-refractivity contribution in [2.45, 2.75) is 141 Å². The monoisotopic (exact) mass is 728 g/mol. The molecule has 0 saturated heterocycles. The standard InChI is InChI=1S/C32H60N10O9/c1-17(33)26(47)38-21(11-9-15-37-31(35)36)29(50)42-25(19(3)45)30(51)40-20(10-7-8-14-32(4,5)6)27(48)39-22(12-13-24(34)46)28(49)41-23(16-43)18(2)44/h16-23,25,44-45H,7-15,33H2,1-6H3,(H2,34,46)(H,38,47)(H,39,48)(H,40,51)(H,41,49)(H,42,50)(H4,35,36,37)/t17-,18+,19+,20-,21-,22-,23+,25-/m0/s1. The summed E-state index contributed by atoms with van der Waals surface area (Å²) in [5.74, 6) is -5.06. The van der Waals surface area contributed by atoms with Crippen molar-refractivity contribution in [1.29, 1.82) is 0 Å². The number of aliphatic hydroxyl groups excluding tert-OH is 2. The molecule has 0 fully saturated rings. The lowest BCUT2D eigenvalue weighted by Crippen LogP contribution is -2.61. The first-order valence-corrected chi connectivity index (χ1v) is 17.0. The summed E-state index contributed by atoms with van der Waals surface area (Å²) in [4.78, 5) is 92.7. The Morgan fingerprint density at radius 3 is 1.65 bits per heavy atom. The van der Waals surface area contributed by atoms with Gasteiger partial charge in [-0.1, -0.05) is 33.6 Å². The fourth-order valence-corrected chi connectivity index (χ4v) is 4.63. The molecule has 0 aliphatic rings. The topological polar surface area (TPSA) is 337 Å². The van der Waals surface area contributed by atoms with E-state index in [1.54, 1.807) is 0 Å². The van der Waals surface area contributed by atoms with Crippen LogP contribution in [0.25, 0.3) is 0 Å². The van der Waals surface area contributed by atoms with Gasteiger partial charge in [-0.3, -0.25) is 33.8 Å². The highest BCUT2D eigenvalue weighted by molar-refractivity contribution is 5.96. The molecule has 0 spiro atoms. The molecule has 6 amide bonds. The third-order valence-corrected chi connectivity index (χ3v) is 7.64. The van der Waals surface area contributed by atoms with Gasteiger partial charge in [0.25, 0.3) is 0 Å². The average Bonchev–Trinajstić information content (AvgIpc) is 3.01. The van der Waals surface area contributed by atoms with Crippen LogP contribution < -0.4 is 49.5 Å². The summed E-state index contributed by atoms with van der Waals surface area (Å²) in [6.07, 6.45) is -0.693. The number of aldehydes is 1. The summed E-state index contributed by atoms with van der Waals surface area (Å²) in [5, 5.41) is 32.6. The molecule has 8 atom stereocenters. The van der Waals surface area contributed by atoms with E-state index in [4.69, 9.17) is 22.9 Å². The first-order valence-electron chi connectivity index (χ1n) is 17.0. The van der Waals surface area contributed by atoms with Gasteiger partial charge in [-0.25, -0.2) is 0 Å². The average molecular weight is 729 g/mol. The Bertz CT molecular complexity index is 1200. The van der Waals surface area contributed by atoms with Gasteiger partial charge in [0.2, 0.25) is 35.4 Å². The van der Waals surface area contributed by atoms with Gasteiger partial charge in [0.15, 0.2) is 5.96 Å². The van der Waals surface area contributed by atoms with Crippen molar-refractivity contribution >= 4 is 47.7 Å². The molecular formula is C32H60N10O9. The number of nitrogens with two attached hydrogens (primary N) is 4. The predicted molar refractivity (Wildman–Crippen MR) is 189 cm³/mol.